The van der Waals surface area contributed by atoms with Crippen molar-refractivity contribution in [1.29, 1.82) is 0 Å². The van der Waals surface area contributed by atoms with Crippen LogP contribution >= 0.6 is 0 Å². The monoisotopic (exact) mass is 247 g/mol. The third-order valence-electron chi connectivity index (χ3n) is 2.82. The summed E-state index contributed by atoms with van der Waals surface area (Å²) in [5, 5.41) is 3.33. The summed E-state index contributed by atoms with van der Waals surface area (Å²) in [6.07, 6.45) is 10.1. The van der Waals surface area contributed by atoms with Crippen molar-refractivity contribution in [3.8, 4) is 0 Å². The van der Waals surface area contributed by atoms with Crippen molar-refractivity contribution in [2.24, 2.45) is 0 Å². The molecule has 0 aromatic heterocycles. The number of unbranched alkanes of at least 4 members (excludes halogenated alkanes) is 7. The molecule has 0 unspecified atom stereocenters. The average molecular weight is 247 g/mol. The molecule has 0 aliphatic heterocycles. The van der Waals surface area contributed by atoms with E-state index in [1.807, 2.05) is 0 Å². The number of rotatable bonds is 12. The summed E-state index contributed by atoms with van der Waals surface area (Å²) in [6.45, 7) is 4.39. The van der Waals surface area contributed by atoms with Crippen molar-refractivity contribution < 1.29 is 9.59 Å². The van der Waals surface area contributed by atoms with Crippen molar-refractivity contribution >= 4 is 9.28 Å². The van der Waals surface area contributed by atoms with E-state index in [1.165, 1.54) is 44.9 Å². The van der Waals surface area contributed by atoms with Crippen molar-refractivity contribution in [2.45, 2.75) is 64.3 Å². The second kappa shape index (κ2) is 13.2. The van der Waals surface area contributed by atoms with Gasteiger partial charge in [0.15, 0.2) is 0 Å². The van der Waals surface area contributed by atoms with E-state index in [2.05, 4.69) is 12.2 Å². The maximum absolute atomic E-state index is 8.78. The highest BCUT2D eigenvalue weighted by molar-refractivity contribution is 6.40. The molecule has 16 heavy (non-hydrogen) atoms. The highest BCUT2D eigenvalue weighted by Crippen LogP contribution is 2.09. The Morgan fingerprint density at radius 1 is 0.812 bits per heavy atom. The Labute approximate surface area is 102 Å². The third-order valence-corrected chi connectivity index (χ3v) is 3.74. The lowest BCUT2D eigenvalue weighted by Crippen LogP contribution is -2.13. The first kappa shape index (κ1) is 16.1. The van der Waals surface area contributed by atoms with Crippen LogP contribution in [-0.2, 0) is 0 Å². The fourth-order valence-corrected chi connectivity index (χ4v) is 2.47. The summed E-state index contributed by atoms with van der Waals surface area (Å²) in [5.41, 5.74) is 0. The van der Waals surface area contributed by atoms with Gasteiger partial charge >= 0.3 is 9.28 Å². The summed E-state index contributed by atoms with van der Waals surface area (Å²) in [5.74, 6) is 0. The van der Waals surface area contributed by atoms with Gasteiger partial charge in [-0.25, -0.2) is 0 Å². The van der Waals surface area contributed by atoms with Crippen molar-refractivity contribution in [2.75, 3.05) is 13.1 Å². The zero-order valence-corrected chi connectivity index (χ0v) is 11.9. The van der Waals surface area contributed by atoms with E-state index in [9.17, 15) is 0 Å². The summed E-state index contributed by atoms with van der Waals surface area (Å²) >= 11 is 0. The van der Waals surface area contributed by atoms with Crippen LogP contribution in [0, 0.1) is 0 Å². The largest absolute Gasteiger partial charge is 0.413 e. The molecule has 4 heteroatoms. The van der Waals surface area contributed by atoms with Gasteiger partial charge < -0.3 is 14.9 Å². The minimum atomic E-state index is -2.26. The molecular formula is C12H29NO2Si. The van der Waals surface area contributed by atoms with Gasteiger partial charge in [-0.2, -0.15) is 0 Å². The van der Waals surface area contributed by atoms with Crippen LogP contribution in [0.4, 0.5) is 0 Å². The fraction of sp³-hybridized carbons (Fsp3) is 1.00. The van der Waals surface area contributed by atoms with Crippen LogP contribution in [0.5, 0.6) is 0 Å². The molecule has 0 spiro atoms. The molecule has 0 atom stereocenters. The smallest absolute Gasteiger partial charge is 0.315 e. The maximum atomic E-state index is 8.78. The molecule has 0 aliphatic carbocycles. The van der Waals surface area contributed by atoms with Gasteiger partial charge in [0.25, 0.3) is 0 Å². The highest BCUT2D eigenvalue weighted by atomic mass is 28.3. The van der Waals surface area contributed by atoms with E-state index in [0.29, 0.717) is 6.04 Å². The van der Waals surface area contributed by atoms with E-state index >= 15 is 0 Å². The van der Waals surface area contributed by atoms with E-state index in [4.69, 9.17) is 9.59 Å². The molecule has 0 aromatic rings. The number of hydrogen-bond donors (Lipinski definition) is 3. The normalized spacial score (nSPS) is 11.2. The first-order chi connectivity index (χ1) is 7.77. The van der Waals surface area contributed by atoms with Gasteiger partial charge in [-0.15, -0.1) is 0 Å². The molecule has 0 saturated carbocycles. The van der Waals surface area contributed by atoms with Crippen LogP contribution in [0.25, 0.3) is 0 Å². The molecule has 0 saturated heterocycles. The van der Waals surface area contributed by atoms with Gasteiger partial charge in [-0.3, -0.25) is 0 Å². The molecule has 0 radical (unpaired) electrons. The Balaban J connectivity index is 2.88. The fourth-order valence-electron chi connectivity index (χ4n) is 1.81. The van der Waals surface area contributed by atoms with Gasteiger partial charge in [-0.05, 0) is 25.6 Å². The molecule has 98 valence electrons. The predicted octanol–water partition coefficient (Wildman–Crippen LogP) is 1.92. The second-order valence-corrected chi connectivity index (χ2v) is 5.99. The molecule has 0 rings (SSSR count). The minimum absolute atomic E-state index is 0.669. The molecular weight excluding hydrogens is 218 g/mol. The second-order valence-electron chi connectivity index (χ2n) is 4.45. The van der Waals surface area contributed by atoms with Crippen LogP contribution in [-0.4, -0.2) is 32.0 Å². The van der Waals surface area contributed by atoms with E-state index in [1.54, 1.807) is 0 Å². The van der Waals surface area contributed by atoms with Crippen LogP contribution < -0.4 is 5.32 Å². The first-order valence-corrected chi connectivity index (χ1v) is 8.69. The minimum Gasteiger partial charge on any atom is -0.413 e. The Bertz CT molecular complexity index is 134. The maximum Gasteiger partial charge on any atom is 0.315 e. The van der Waals surface area contributed by atoms with Crippen molar-refractivity contribution in [1.82, 2.24) is 5.32 Å². The van der Waals surface area contributed by atoms with Crippen LogP contribution in [0.1, 0.15) is 58.3 Å². The summed E-state index contributed by atoms with van der Waals surface area (Å²) < 4.78 is 0. The molecule has 0 amide bonds. The van der Waals surface area contributed by atoms with Gasteiger partial charge in [-0.1, -0.05) is 51.9 Å². The molecule has 0 bridgehead atoms. The topological polar surface area (TPSA) is 52.5 Å². The van der Waals surface area contributed by atoms with Crippen LogP contribution in [0.2, 0.25) is 6.04 Å². The van der Waals surface area contributed by atoms with Crippen molar-refractivity contribution in [3.05, 3.63) is 0 Å². The summed E-state index contributed by atoms with van der Waals surface area (Å²) in [4.78, 5) is 17.6. The Kier molecular flexibility index (Phi) is 13.2. The Morgan fingerprint density at radius 2 is 1.31 bits per heavy atom. The lowest BCUT2D eigenvalue weighted by molar-refractivity contribution is 0.401. The highest BCUT2D eigenvalue weighted by Gasteiger charge is 2.00. The zero-order chi connectivity index (χ0) is 12.1. The SMILES string of the molecule is CCNCCCCCCCCCC[SiH](O)O. The Morgan fingerprint density at radius 3 is 1.81 bits per heavy atom. The third kappa shape index (κ3) is 14.1. The average Bonchev–Trinajstić information content (AvgIpc) is 2.25. The van der Waals surface area contributed by atoms with E-state index in [0.717, 1.165) is 19.5 Å². The Hall–Kier alpha value is 0.0969. The lowest BCUT2D eigenvalue weighted by Gasteiger charge is -2.03. The molecule has 0 heterocycles. The lowest BCUT2D eigenvalue weighted by atomic mass is 10.1. The predicted molar refractivity (Wildman–Crippen MR) is 71.9 cm³/mol. The van der Waals surface area contributed by atoms with Gasteiger partial charge in [0.2, 0.25) is 0 Å². The number of nitrogens with one attached hydrogen (secondary N) is 1. The van der Waals surface area contributed by atoms with Crippen LogP contribution in [0.15, 0.2) is 0 Å². The molecule has 0 fully saturated rings. The quantitative estimate of drug-likeness (QED) is 0.365. The summed E-state index contributed by atoms with van der Waals surface area (Å²) in [6, 6.07) is 0.669. The summed E-state index contributed by atoms with van der Waals surface area (Å²) in [7, 11) is -2.26. The zero-order valence-electron chi connectivity index (χ0n) is 10.7. The standard InChI is InChI=1S/C12H29NO2Si/c1-2-13-11-9-7-5-3-4-6-8-10-12-16(14)15/h13-16H,2-12H2,1H3. The van der Waals surface area contributed by atoms with Gasteiger partial charge in [0.1, 0.15) is 0 Å². The van der Waals surface area contributed by atoms with Crippen molar-refractivity contribution in [3.63, 3.8) is 0 Å². The van der Waals surface area contributed by atoms with E-state index < -0.39 is 9.28 Å². The molecule has 3 nitrogen and oxygen atoms in total. The molecule has 0 aliphatic rings. The number of hydrogen-bond acceptors (Lipinski definition) is 3. The molecule has 3 N–H and O–H groups in total. The van der Waals surface area contributed by atoms with Crippen LogP contribution in [0.3, 0.4) is 0 Å². The molecule has 0 aromatic carbocycles. The first-order valence-electron chi connectivity index (χ1n) is 6.84. The van der Waals surface area contributed by atoms with Gasteiger partial charge in [0, 0.05) is 0 Å². The van der Waals surface area contributed by atoms with Gasteiger partial charge in [0.05, 0.1) is 0 Å². The van der Waals surface area contributed by atoms with E-state index in [-0.39, 0.29) is 0 Å².